The minimum Gasteiger partial charge on any atom is -0.469 e. The first kappa shape index (κ1) is 22.4. The number of hydrogen-bond donors (Lipinski definition) is 3. The topological polar surface area (TPSA) is 124 Å². The fourth-order valence-corrected chi connectivity index (χ4v) is 3.63. The first-order chi connectivity index (χ1) is 13.5. The highest BCUT2D eigenvalue weighted by Crippen LogP contribution is 2.32. The largest absolute Gasteiger partial charge is 0.469 e. The molecule has 0 saturated carbocycles. The molecule has 0 saturated heterocycles. The number of para-hydroxylation sites is 1. The van der Waals surface area contributed by atoms with Crippen molar-refractivity contribution >= 4 is 33.1 Å². The van der Waals surface area contributed by atoms with Gasteiger partial charge in [-0.05, 0) is 37.1 Å². The Hall–Kier alpha value is -2.94. The summed E-state index contributed by atoms with van der Waals surface area (Å²) >= 11 is 0. The number of benzene rings is 2. The molecule has 0 aromatic heterocycles. The van der Waals surface area contributed by atoms with Crippen molar-refractivity contribution < 1.29 is 27.7 Å². The van der Waals surface area contributed by atoms with Gasteiger partial charge in [0.05, 0.1) is 36.2 Å². The Morgan fingerprint density at radius 1 is 1.31 bits per heavy atom. The summed E-state index contributed by atoms with van der Waals surface area (Å²) in [5.41, 5.74) is 8.09. The number of hydrogen-bond acceptors (Lipinski definition) is 5. The Kier molecular flexibility index (Phi) is 6.97. The molecule has 0 fully saturated rings. The van der Waals surface area contributed by atoms with Crippen molar-refractivity contribution in [2.45, 2.75) is 25.7 Å². The van der Waals surface area contributed by atoms with E-state index >= 15 is 0 Å². The van der Waals surface area contributed by atoms with Gasteiger partial charge in [0.1, 0.15) is 5.82 Å². The minimum atomic E-state index is -3.55. The van der Waals surface area contributed by atoms with Crippen molar-refractivity contribution in [3.05, 3.63) is 58.9 Å². The molecule has 0 aliphatic carbocycles. The number of carbonyl (C=O) groups is 1. The van der Waals surface area contributed by atoms with Gasteiger partial charge in [-0.2, -0.15) is 0 Å². The molecule has 5 N–H and O–H groups in total. The lowest BCUT2D eigenvalue weighted by Crippen LogP contribution is -2.45. The molecular formula is C20H25FN3O4S+. The summed E-state index contributed by atoms with van der Waals surface area (Å²) in [5, 5.41) is 6.38. The Balaban J connectivity index is 2.49. The molecule has 7 nitrogen and oxygen atoms in total. The van der Waals surface area contributed by atoms with E-state index in [2.05, 4.69) is 9.46 Å². The maximum absolute atomic E-state index is 14.7. The Labute approximate surface area is 169 Å². The SMILES string of the molecule is COC(=O)CCC(C(=[NH2+])c1cccc(NS(C)(=O)=O)c1N)c1ccc(C)cc1F. The zero-order chi connectivity index (χ0) is 21.8. The van der Waals surface area contributed by atoms with Crippen LogP contribution in [0.15, 0.2) is 36.4 Å². The van der Waals surface area contributed by atoms with Crippen LogP contribution in [0, 0.1) is 12.7 Å². The van der Waals surface area contributed by atoms with Gasteiger partial charge in [-0.15, -0.1) is 0 Å². The fraction of sp³-hybridized carbons (Fsp3) is 0.300. The Bertz CT molecular complexity index is 1040. The van der Waals surface area contributed by atoms with Gasteiger partial charge in [0, 0.05) is 12.0 Å². The Morgan fingerprint density at radius 3 is 2.59 bits per heavy atom. The molecule has 0 aliphatic heterocycles. The van der Waals surface area contributed by atoms with Crippen LogP contribution in [-0.2, 0) is 19.6 Å². The summed E-state index contributed by atoms with van der Waals surface area (Å²) in [4.78, 5) is 11.7. The lowest BCUT2D eigenvalue weighted by atomic mass is 9.85. The van der Waals surface area contributed by atoms with Crippen LogP contribution in [0.2, 0.25) is 0 Å². The van der Waals surface area contributed by atoms with Crippen molar-refractivity contribution in [2.75, 3.05) is 23.8 Å². The van der Waals surface area contributed by atoms with E-state index in [-0.39, 0.29) is 29.9 Å². The molecule has 0 heterocycles. The van der Waals surface area contributed by atoms with Crippen LogP contribution in [-0.4, -0.2) is 33.5 Å². The number of nitrogens with one attached hydrogen (secondary N) is 1. The number of ether oxygens (including phenoxy) is 1. The number of esters is 1. The molecule has 9 heteroatoms. The van der Waals surface area contributed by atoms with Crippen LogP contribution in [0.3, 0.4) is 0 Å². The predicted molar refractivity (Wildman–Crippen MR) is 110 cm³/mol. The van der Waals surface area contributed by atoms with Crippen molar-refractivity contribution in [1.82, 2.24) is 0 Å². The van der Waals surface area contributed by atoms with E-state index in [0.29, 0.717) is 11.1 Å². The number of nitrogen functional groups attached to an aromatic ring is 1. The molecule has 1 atom stereocenters. The molecule has 0 spiro atoms. The highest BCUT2D eigenvalue weighted by molar-refractivity contribution is 7.92. The quantitative estimate of drug-likeness (QED) is 0.337. The molecular weight excluding hydrogens is 397 g/mol. The second-order valence-electron chi connectivity index (χ2n) is 6.79. The highest BCUT2D eigenvalue weighted by Gasteiger charge is 2.29. The third kappa shape index (κ3) is 5.77. The molecule has 2 aromatic rings. The number of sulfonamides is 1. The smallest absolute Gasteiger partial charge is 0.305 e. The van der Waals surface area contributed by atoms with E-state index in [0.717, 1.165) is 11.8 Å². The summed E-state index contributed by atoms with van der Waals surface area (Å²) in [6.45, 7) is 1.77. The third-order valence-corrected chi connectivity index (χ3v) is 5.07. The van der Waals surface area contributed by atoms with Crippen molar-refractivity contribution in [3.63, 3.8) is 0 Å². The third-order valence-electron chi connectivity index (χ3n) is 4.48. The van der Waals surface area contributed by atoms with Gasteiger partial charge in [-0.25, -0.2) is 12.8 Å². The van der Waals surface area contributed by atoms with Crippen LogP contribution >= 0.6 is 0 Å². The number of carbonyl (C=O) groups excluding carboxylic acids is 1. The summed E-state index contributed by atoms with van der Waals surface area (Å²) in [6.07, 6.45) is 1.23. The number of halogens is 1. The fourth-order valence-electron chi connectivity index (χ4n) is 3.05. The van der Waals surface area contributed by atoms with Crippen molar-refractivity contribution in [3.8, 4) is 0 Å². The number of methoxy groups -OCH3 is 1. The summed E-state index contributed by atoms with van der Waals surface area (Å²) in [5.74, 6) is -1.56. The average Bonchev–Trinajstić information content (AvgIpc) is 2.63. The molecule has 156 valence electrons. The van der Waals surface area contributed by atoms with E-state index in [4.69, 9.17) is 11.1 Å². The van der Waals surface area contributed by atoms with Crippen LogP contribution < -0.4 is 15.9 Å². The van der Waals surface area contributed by atoms with E-state index in [1.807, 2.05) is 0 Å². The summed E-state index contributed by atoms with van der Waals surface area (Å²) in [6, 6.07) is 9.47. The first-order valence-electron chi connectivity index (χ1n) is 8.85. The zero-order valence-corrected chi connectivity index (χ0v) is 17.3. The van der Waals surface area contributed by atoms with Crippen LogP contribution in [0.5, 0.6) is 0 Å². The number of rotatable bonds is 8. The molecule has 0 aliphatic rings. The monoisotopic (exact) mass is 422 g/mol. The molecule has 0 radical (unpaired) electrons. The summed E-state index contributed by atoms with van der Waals surface area (Å²) < 4.78 is 44.8. The normalized spacial score (nSPS) is 12.3. The minimum absolute atomic E-state index is 0.0242. The van der Waals surface area contributed by atoms with Gasteiger partial charge in [0.2, 0.25) is 10.0 Å². The number of nitrogens with two attached hydrogens (primary N) is 2. The summed E-state index contributed by atoms with van der Waals surface area (Å²) in [7, 11) is -2.28. The van der Waals surface area contributed by atoms with E-state index in [9.17, 15) is 17.6 Å². The Morgan fingerprint density at radius 2 is 2.00 bits per heavy atom. The maximum Gasteiger partial charge on any atom is 0.305 e. The maximum atomic E-state index is 14.7. The lowest BCUT2D eigenvalue weighted by molar-refractivity contribution is -0.140. The number of aryl methyl sites for hydroxylation is 1. The van der Waals surface area contributed by atoms with Crippen molar-refractivity contribution in [1.29, 1.82) is 0 Å². The van der Waals surface area contributed by atoms with E-state index in [1.165, 1.54) is 19.2 Å². The molecule has 1 unspecified atom stereocenters. The van der Waals surface area contributed by atoms with Crippen molar-refractivity contribution in [2.24, 2.45) is 0 Å². The van der Waals surface area contributed by atoms with Crippen LogP contribution in [0.25, 0.3) is 0 Å². The van der Waals surface area contributed by atoms with E-state index < -0.39 is 27.7 Å². The average molecular weight is 423 g/mol. The molecule has 2 rings (SSSR count). The van der Waals surface area contributed by atoms with Gasteiger partial charge < -0.3 is 10.5 Å². The number of anilines is 2. The lowest BCUT2D eigenvalue weighted by Gasteiger charge is -2.18. The predicted octanol–water partition coefficient (Wildman–Crippen LogP) is 1.37. The van der Waals surface area contributed by atoms with E-state index in [1.54, 1.807) is 31.2 Å². The molecule has 29 heavy (non-hydrogen) atoms. The van der Waals surface area contributed by atoms with Crippen LogP contribution in [0.4, 0.5) is 15.8 Å². The van der Waals surface area contributed by atoms with Gasteiger partial charge in [0.25, 0.3) is 0 Å². The van der Waals surface area contributed by atoms with Gasteiger partial charge in [-0.1, -0.05) is 18.2 Å². The first-order valence-corrected chi connectivity index (χ1v) is 10.7. The van der Waals surface area contributed by atoms with Gasteiger partial charge in [0.15, 0.2) is 5.71 Å². The molecule has 0 amide bonds. The highest BCUT2D eigenvalue weighted by atomic mass is 32.2. The van der Waals surface area contributed by atoms with Gasteiger partial charge in [-0.3, -0.25) is 14.9 Å². The standard InChI is InChI=1S/C20H24FN3O4S/c1-12-7-8-13(16(21)11-12)14(9-10-18(25)28-2)19(22)15-5-4-6-17(20(15)23)24-29(3,26)27/h4-8,11,14,22,24H,9-10,23H2,1-3H3/p+1. The molecule has 0 bridgehead atoms. The van der Waals surface area contributed by atoms with Gasteiger partial charge >= 0.3 is 5.97 Å². The second kappa shape index (κ2) is 9.04. The second-order valence-corrected chi connectivity index (χ2v) is 8.54. The molecule has 2 aromatic carbocycles. The zero-order valence-electron chi connectivity index (χ0n) is 16.5. The van der Waals surface area contributed by atoms with Crippen LogP contribution in [0.1, 0.15) is 35.4 Å².